The van der Waals surface area contributed by atoms with E-state index in [1.807, 2.05) is 19.9 Å². The van der Waals surface area contributed by atoms with Gasteiger partial charge in [0.2, 0.25) is 11.8 Å². The first kappa shape index (κ1) is 20.0. The lowest BCUT2D eigenvalue weighted by Gasteiger charge is -2.09. The van der Waals surface area contributed by atoms with Crippen LogP contribution in [-0.2, 0) is 9.59 Å². The number of hydrogen-bond acceptors (Lipinski definition) is 4. The van der Waals surface area contributed by atoms with E-state index in [0.717, 1.165) is 11.3 Å². The fraction of sp³-hybridized carbons (Fsp3) is 0.250. The highest BCUT2D eigenvalue weighted by Gasteiger charge is 2.10. The Hall–Kier alpha value is -3.35. The van der Waals surface area contributed by atoms with Crippen LogP contribution >= 0.6 is 0 Å². The first-order chi connectivity index (χ1) is 13.0. The second kappa shape index (κ2) is 9.96. The Balaban J connectivity index is 1.71. The molecule has 7 heteroatoms. The van der Waals surface area contributed by atoms with Gasteiger partial charge in [-0.1, -0.05) is 17.7 Å². The van der Waals surface area contributed by atoms with Crippen molar-refractivity contribution in [1.29, 1.82) is 0 Å². The molecular weight excluding hydrogens is 346 g/mol. The molecule has 2 aromatic carbocycles. The molecule has 0 aliphatic rings. The molecule has 3 amide bonds. The van der Waals surface area contributed by atoms with Gasteiger partial charge in [-0.25, -0.2) is 0 Å². The van der Waals surface area contributed by atoms with Crippen molar-refractivity contribution in [3.63, 3.8) is 0 Å². The highest BCUT2D eigenvalue weighted by Crippen LogP contribution is 2.15. The molecule has 3 N–H and O–H groups in total. The lowest BCUT2D eigenvalue weighted by molar-refractivity contribution is -0.124. The summed E-state index contributed by atoms with van der Waals surface area (Å²) in [5.74, 6) is -0.428. The van der Waals surface area contributed by atoms with Gasteiger partial charge in [0.25, 0.3) is 5.91 Å². The first-order valence-electron chi connectivity index (χ1n) is 8.66. The second-order valence-electron chi connectivity index (χ2n) is 5.88. The van der Waals surface area contributed by atoms with Crippen molar-refractivity contribution in [2.75, 3.05) is 11.9 Å². The van der Waals surface area contributed by atoms with E-state index in [9.17, 15) is 14.4 Å². The number of anilines is 1. The van der Waals surface area contributed by atoms with Crippen molar-refractivity contribution < 1.29 is 19.1 Å². The molecule has 0 unspecified atom stereocenters. The number of benzene rings is 2. The molecule has 0 radical (unpaired) electrons. The molecule has 7 nitrogen and oxygen atoms in total. The summed E-state index contributed by atoms with van der Waals surface area (Å²) in [7, 11) is 0. The Morgan fingerprint density at radius 3 is 2.30 bits per heavy atom. The van der Waals surface area contributed by atoms with E-state index in [1.54, 1.807) is 42.5 Å². The molecule has 0 bridgehead atoms. The number of carbonyl (C=O) groups excluding carboxylic acids is 3. The normalized spacial score (nSPS) is 10.0. The third kappa shape index (κ3) is 6.81. The summed E-state index contributed by atoms with van der Waals surface area (Å²) >= 11 is 0. The van der Waals surface area contributed by atoms with E-state index in [0.29, 0.717) is 17.9 Å². The largest absolute Gasteiger partial charge is 0.494 e. The lowest BCUT2D eigenvalue weighted by Crippen LogP contribution is -2.41. The molecule has 0 aliphatic carbocycles. The summed E-state index contributed by atoms with van der Waals surface area (Å²) in [6, 6.07) is 14.0. The average molecular weight is 369 g/mol. The quantitative estimate of drug-likeness (QED) is 0.654. The van der Waals surface area contributed by atoms with E-state index in [2.05, 4.69) is 16.2 Å². The molecule has 0 fully saturated rings. The van der Waals surface area contributed by atoms with E-state index in [-0.39, 0.29) is 18.7 Å². The van der Waals surface area contributed by atoms with Crippen molar-refractivity contribution in [2.45, 2.75) is 26.7 Å². The van der Waals surface area contributed by atoms with Gasteiger partial charge in [-0.2, -0.15) is 0 Å². The van der Waals surface area contributed by atoms with Crippen LogP contribution in [-0.4, -0.2) is 24.3 Å². The molecule has 0 heterocycles. The molecule has 27 heavy (non-hydrogen) atoms. The molecular formula is C20H23N3O4. The van der Waals surface area contributed by atoms with Crippen LogP contribution in [0, 0.1) is 6.92 Å². The van der Waals surface area contributed by atoms with E-state index < -0.39 is 11.8 Å². The average Bonchev–Trinajstić information content (AvgIpc) is 2.66. The SMILES string of the molecule is CCOc1ccc(NC(=O)CCC(=O)NNC(=O)c2cccc(C)c2)cc1. The smallest absolute Gasteiger partial charge is 0.269 e. The number of carbonyl (C=O) groups is 3. The molecule has 0 saturated heterocycles. The number of amides is 3. The topological polar surface area (TPSA) is 96.5 Å². The molecule has 0 aliphatic heterocycles. The van der Waals surface area contributed by atoms with Crippen LogP contribution in [0.25, 0.3) is 0 Å². The lowest BCUT2D eigenvalue weighted by atomic mass is 10.1. The zero-order valence-corrected chi connectivity index (χ0v) is 15.4. The molecule has 142 valence electrons. The van der Waals surface area contributed by atoms with Gasteiger partial charge in [-0.3, -0.25) is 25.2 Å². The summed E-state index contributed by atoms with van der Waals surface area (Å²) in [6.45, 7) is 4.34. The Kier molecular flexibility index (Phi) is 7.37. The standard InChI is InChI=1S/C20H23N3O4/c1-3-27-17-9-7-16(8-10-17)21-18(24)11-12-19(25)22-23-20(26)15-6-4-5-14(2)13-15/h4-10,13H,3,11-12H2,1-2H3,(H,21,24)(H,22,25)(H,23,26). The molecule has 0 spiro atoms. The Morgan fingerprint density at radius 1 is 0.926 bits per heavy atom. The van der Waals surface area contributed by atoms with Gasteiger partial charge in [-0.05, 0) is 50.2 Å². The van der Waals surface area contributed by atoms with Crippen LogP contribution in [0.1, 0.15) is 35.7 Å². The van der Waals surface area contributed by atoms with Crippen LogP contribution in [0.15, 0.2) is 48.5 Å². The van der Waals surface area contributed by atoms with E-state index in [4.69, 9.17) is 4.74 Å². The number of hydrogen-bond donors (Lipinski definition) is 3. The van der Waals surface area contributed by atoms with Crippen molar-refractivity contribution >= 4 is 23.4 Å². The summed E-state index contributed by atoms with van der Waals surface area (Å²) in [5.41, 5.74) is 6.65. The van der Waals surface area contributed by atoms with Crippen molar-refractivity contribution in [1.82, 2.24) is 10.9 Å². The fourth-order valence-corrected chi connectivity index (χ4v) is 2.30. The van der Waals surface area contributed by atoms with Crippen LogP contribution in [0.4, 0.5) is 5.69 Å². The molecule has 0 saturated carbocycles. The van der Waals surface area contributed by atoms with Crippen LogP contribution in [0.3, 0.4) is 0 Å². The third-order valence-electron chi connectivity index (χ3n) is 3.62. The zero-order chi connectivity index (χ0) is 19.6. The van der Waals surface area contributed by atoms with Crippen LogP contribution < -0.4 is 20.9 Å². The summed E-state index contributed by atoms with van der Waals surface area (Å²) in [6.07, 6.45) is -0.0453. The third-order valence-corrected chi connectivity index (χ3v) is 3.62. The molecule has 2 aromatic rings. The summed E-state index contributed by atoms with van der Waals surface area (Å²) in [5, 5.41) is 2.70. The van der Waals surface area contributed by atoms with E-state index in [1.165, 1.54) is 0 Å². The van der Waals surface area contributed by atoms with Crippen LogP contribution in [0.2, 0.25) is 0 Å². The minimum absolute atomic E-state index is 0.000635. The van der Waals surface area contributed by atoms with Crippen molar-refractivity contribution in [3.05, 3.63) is 59.7 Å². The maximum atomic E-state index is 11.9. The van der Waals surface area contributed by atoms with Gasteiger partial charge in [-0.15, -0.1) is 0 Å². The minimum atomic E-state index is -0.446. The van der Waals surface area contributed by atoms with Gasteiger partial charge in [0.1, 0.15) is 5.75 Å². The van der Waals surface area contributed by atoms with Crippen LogP contribution in [0.5, 0.6) is 5.75 Å². The van der Waals surface area contributed by atoms with Gasteiger partial charge in [0.15, 0.2) is 0 Å². The van der Waals surface area contributed by atoms with Crippen molar-refractivity contribution in [3.8, 4) is 5.75 Å². The van der Waals surface area contributed by atoms with Gasteiger partial charge in [0.05, 0.1) is 6.61 Å². The Bertz CT molecular complexity index is 803. The predicted molar refractivity (Wildman–Crippen MR) is 102 cm³/mol. The Morgan fingerprint density at radius 2 is 1.63 bits per heavy atom. The Labute approximate surface area is 158 Å². The van der Waals surface area contributed by atoms with Gasteiger partial charge < -0.3 is 10.1 Å². The minimum Gasteiger partial charge on any atom is -0.494 e. The van der Waals surface area contributed by atoms with E-state index >= 15 is 0 Å². The number of hydrazine groups is 1. The maximum absolute atomic E-state index is 11.9. The van der Waals surface area contributed by atoms with Gasteiger partial charge in [0, 0.05) is 24.1 Å². The number of nitrogens with one attached hydrogen (secondary N) is 3. The number of rotatable bonds is 7. The molecule has 2 rings (SSSR count). The van der Waals surface area contributed by atoms with Gasteiger partial charge >= 0.3 is 0 Å². The zero-order valence-electron chi connectivity index (χ0n) is 15.4. The highest BCUT2D eigenvalue weighted by molar-refractivity contribution is 5.96. The predicted octanol–water partition coefficient (Wildman–Crippen LogP) is 2.57. The first-order valence-corrected chi connectivity index (χ1v) is 8.66. The maximum Gasteiger partial charge on any atom is 0.269 e. The molecule has 0 atom stereocenters. The number of aryl methyl sites for hydroxylation is 1. The monoisotopic (exact) mass is 369 g/mol. The van der Waals surface area contributed by atoms with Crippen molar-refractivity contribution in [2.24, 2.45) is 0 Å². The summed E-state index contributed by atoms with van der Waals surface area (Å²) in [4.78, 5) is 35.7. The fourth-order valence-electron chi connectivity index (χ4n) is 2.30. The second-order valence-corrected chi connectivity index (χ2v) is 5.88. The summed E-state index contributed by atoms with van der Waals surface area (Å²) < 4.78 is 5.33. The highest BCUT2D eigenvalue weighted by atomic mass is 16.5. The number of ether oxygens (including phenoxy) is 1. The molecule has 0 aromatic heterocycles.